The van der Waals surface area contributed by atoms with Crippen molar-refractivity contribution >= 4 is 33.1 Å². The molecular weight excluding hydrogens is 349 g/mol. The van der Waals surface area contributed by atoms with Crippen LogP contribution in [-0.4, -0.2) is 42.0 Å². The molecule has 4 rings (SSSR count). The van der Waals surface area contributed by atoms with Gasteiger partial charge in [-0.1, -0.05) is 12.1 Å². The largest absolute Gasteiger partial charge is 0.356 e. The molecule has 0 bridgehead atoms. The number of aromatic nitrogens is 1. The fraction of sp³-hybridized carbons (Fsp3) is 0.300. The molecule has 0 aliphatic carbocycles. The van der Waals surface area contributed by atoms with E-state index >= 15 is 0 Å². The van der Waals surface area contributed by atoms with Gasteiger partial charge in [0.25, 0.3) is 5.91 Å². The summed E-state index contributed by atoms with van der Waals surface area (Å²) in [5, 5.41) is 0.527. The number of carbonyl (C=O) groups excluding carboxylic acids is 1. The van der Waals surface area contributed by atoms with Gasteiger partial charge in [-0.15, -0.1) is 11.3 Å². The highest BCUT2D eigenvalue weighted by Gasteiger charge is 2.27. The third-order valence-corrected chi connectivity index (χ3v) is 6.11. The number of benzene rings is 1. The quantitative estimate of drug-likeness (QED) is 0.695. The van der Waals surface area contributed by atoms with Gasteiger partial charge in [-0.05, 0) is 43.2 Å². The number of rotatable bonds is 3. The van der Waals surface area contributed by atoms with E-state index in [9.17, 15) is 9.18 Å². The van der Waals surface area contributed by atoms with Crippen LogP contribution in [0.3, 0.4) is 0 Å². The Kier molecular flexibility index (Phi) is 4.59. The molecule has 0 radical (unpaired) electrons. The normalized spacial score (nSPS) is 15.4. The third-order valence-electron chi connectivity index (χ3n) is 5.02. The molecule has 26 heavy (non-hydrogen) atoms. The molecule has 1 fully saturated rings. The van der Waals surface area contributed by atoms with E-state index in [0.717, 1.165) is 36.4 Å². The number of carbonyl (C=O) groups is 1. The molecule has 0 saturated carbocycles. The molecule has 3 aromatic rings. The first-order valence-corrected chi connectivity index (χ1v) is 9.56. The fourth-order valence-corrected chi connectivity index (χ4v) is 4.55. The van der Waals surface area contributed by atoms with Crippen LogP contribution in [0, 0.1) is 5.82 Å². The molecule has 1 aliphatic rings. The van der Waals surface area contributed by atoms with E-state index in [1.54, 1.807) is 18.3 Å². The Balaban J connectivity index is 1.45. The monoisotopic (exact) mass is 369 g/mol. The average molecular weight is 369 g/mol. The molecule has 0 N–H and O–H groups in total. The summed E-state index contributed by atoms with van der Waals surface area (Å²) < 4.78 is 14.7. The number of halogens is 1. The molecule has 1 aromatic carbocycles. The number of hydrogen-bond donors (Lipinski definition) is 0. The zero-order valence-corrected chi connectivity index (χ0v) is 15.4. The maximum Gasteiger partial charge on any atom is 0.263 e. The zero-order chi connectivity index (χ0) is 18.1. The molecule has 4 nitrogen and oxygen atoms in total. The Labute approximate surface area is 155 Å². The van der Waals surface area contributed by atoms with Crippen LogP contribution < -0.4 is 4.90 Å². The molecule has 1 aliphatic heterocycles. The van der Waals surface area contributed by atoms with E-state index in [1.165, 1.54) is 17.4 Å². The number of amides is 1. The maximum absolute atomic E-state index is 13.9. The van der Waals surface area contributed by atoms with E-state index in [2.05, 4.69) is 9.88 Å². The first-order valence-electron chi connectivity index (χ1n) is 8.74. The van der Waals surface area contributed by atoms with Gasteiger partial charge in [0.15, 0.2) is 0 Å². The fourth-order valence-electron chi connectivity index (χ4n) is 3.49. The maximum atomic E-state index is 13.9. The standard InChI is InChI=1S/C20H20FN3OS/c1-23(14-8-11-24(12-9-14)19-7-2-3-10-22-19)20(25)18-13-15-16(21)5-4-6-17(15)26-18/h2-7,10,13-14H,8-9,11-12H2,1H3. The molecule has 0 atom stereocenters. The second-order valence-corrected chi connectivity index (χ2v) is 7.67. The van der Waals surface area contributed by atoms with Crippen LogP contribution in [0.5, 0.6) is 0 Å². The van der Waals surface area contributed by atoms with Crippen molar-refractivity contribution in [3.63, 3.8) is 0 Å². The lowest BCUT2D eigenvalue weighted by Crippen LogP contribution is -2.45. The van der Waals surface area contributed by atoms with Crippen LogP contribution in [0.1, 0.15) is 22.5 Å². The van der Waals surface area contributed by atoms with Crippen LogP contribution >= 0.6 is 11.3 Å². The summed E-state index contributed by atoms with van der Waals surface area (Å²) in [7, 11) is 1.85. The minimum absolute atomic E-state index is 0.0260. The first kappa shape index (κ1) is 17.0. The predicted molar refractivity (Wildman–Crippen MR) is 103 cm³/mol. The van der Waals surface area contributed by atoms with Crippen LogP contribution in [0.4, 0.5) is 10.2 Å². The van der Waals surface area contributed by atoms with Crippen molar-refractivity contribution in [2.75, 3.05) is 25.0 Å². The lowest BCUT2D eigenvalue weighted by molar-refractivity contribution is 0.0714. The topological polar surface area (TPSA) is 36.4 Å². The SMILES string of the molecule is CN(C(=O)c1cc2c(F)cccc2s1)C1CCN(c2ccccn2)CC1. The van der Waals surface area contributed by atoms with Crippen molar-refractivity contribution in [1.82, 2.24) is 9.88 Å². The minimum atomic E-state index is -0.274. The molecule has 134 valence electrons. The van der Waals surface area contributed by atoms with Crippen molar-refractivity contribution in [3.8, 4) is 0 Å². The number of piperidine rings is 1. The number of anilines is 1. The molecule has 0 unspecified atom stereocenters. The van der Waals surface area contributed by atoms with Crippen LogP contribution in [0.15, 0.2) is 48.7 Å². The molecular formula is C20H20FN3OS. The Morgan fingerprint density at radius 3 is 2.73 bits per heavy atom. The van der Waals surface area contributed by atoms with E-state index in [0.29, 0.717) is 10.3 Å². The number of nitrogens with zero attached hydrogens (tertiary/aromatic N) is 3. The summed E-state index contributed by atoms with van der Waals surface area (Å²) in [6.45, 7) is 1.75. The molecule has 3 heterocycles. The predicted octanol–water partition coefficient (Wildman–Crippen LogP) is 4.18. The smallest absolute Gasteiger partial charge is 0.263 e. The van der Waals surface area contributed by atoms with Gasteiger partial charge in [0.1, 0.15) is 11.6 Å². The summed E-state index contributed by atoms with van der Waals surface area (Å²) in [4.78, 5) is 21.9. The van der Waals surface area contributed by atoms with E-state index in [1.807, 2.05) is 36.2 Å². The summed E-state index contributed by atoms with van der Waals surface area (Å²) in [5.41, 5.74) is 0. The van der Waals surface area contributed by atoms with Gasteiger partial charge in [-0.3, -0.25) is 4.79 Å². The van der Waals surface area contributed by atoms with Crippen molar-refractivity contribution in [3.05, 3.63) is 59.4 Å². The highest BCUT2D eigenvalue weighted by atomic mass is 32.1. The van der Waals surface area contributed by atoms with Crippen molar-refractivity contribution in [2.24, 2.45) is 0 Å². The Morgan fingerprint density at radius 1 is 1.23 bits per heavy atom. The molecule has 1 saturated heterocycles. The van der Waals surface area contributed by atoms with E-state index in [-0.39, 0.29) is 17.8 Å². The van der Waals surface area contributed by atoms with Crippen LogP contribution in [0.25, 0.3) is 10.1 Å². The second-order valence-electron chi connectivity index (χ2n) is 6.58. The molecule has 0 spiro atoms. The lowest BCUT2D eigenvalue weighted by Gasteiger charge is -2.37. The van der Waals surface area contributed by atoms with Gasteiger partial charge in [0.2, 0.25) is 0 Å². The number of hydrogen-bond acceptors (Lipinski definition) is 4. The van der Waals surface area contributed by atoms with E-state index in [4.69, 9.17) is 0 Å². The van der Waals surface area contributed by atoms with Gasteiger partial charge in [-0.2, -0.15) is 0 Å². The third kappa shape index (κ3) is 3.17. The van der Waals surface area contributed by atoms with Crippen LogP contribution in [-0.2, 0) is 0 Å². The number of pyridine rings is 1. The Bertz CT molecular complexity index is 919. The first-order chi connectivity index (χ1) is 12.6. The summed E-state index contributed by atoms with van der Waals surface area (Å²) in [6, 6.07) is 12.8. The average Bonchev–Trinajstić information content (AvgIpc) is 3.13. The Morgan fingerprint density at radius 2 is 2.04 bits per heavy atom. The second kappa shape index (κ2) is 7.03. The summed E-state index contributed by atoms with van der Waals surface area (Å²) in [5.74, 6) is 0.686. The molecule has 2 aromatic heterocycles. The van der Waals surface area contributed by atoms with Gasteiger partial charge >= 0.3 is 0 Å². The van der Waals surface area contributed by atoms with Crippen molar-refractivity contribution in [2.45, 2.75) is 18.9 Å². The van der Waals surface area contributed by atoms with E-state index < -0.39 is 0 Å². The number of thiophene rings is 1. The van der Waals surface area contributed by atoms with Gasteiger partial charge in [-0.25, -0.2) is 9.37 Å². The molecule has 6 heteroatoms. The highest BCUT2D eigenvalue weighted by Crippen LogP contribution is 2.29. The van der Waals surface area contributed by atoms with Gasteiger partial charge in [0.05, 0.1) is 4.88 Å². The van der Waals surface area contributed by atoms with Gasteiger partial charge in [0, 0.05) is 42.5 Å². The van der Waals surface area contributed by atoms with Crippen molar-refractivity contribution in [1.29, 1.82) is 0 Å². The van der Waals surface area contributed by atoms with Gasteiger partial charge < -0.3 is 9.80 Å². The van der Waals surface area contributed by atoms with Crippen molar-refractivity contribution < 1.29 is 9.18 Å². The highest BCUT2D eigenvalue weighted by molar-refractivity contribution is 7.20. The summed E-state index contributed by atoms with van der Waals surface area (Å²) >= 11 is 1.36. The Hall–Kier alpha value is -2.47. The van der Waals surface area contributed by atoms with Crippen LogP contribution in [0.2, 0.25) is 0 Å². The lowest BCUT2D eigenvalue weighted by atomic mass is 10.0. The zero-order valence-electron chi connectivity index (χ0n) is 14.6. The minimum Gasteiger partial charge on any atom is -0.356 e. The summed E-state index contributed by atoms with van der Waals surface area (Å²) in [6.07, 6.45) is 3.60. The molecule has 1 amide bonds. The number of fused-ring (bicyclic) bond motifs is 1.